The third kappa shape index (κ3) is 5.58. The average molecular weight is 366 g/mol. The predicted octanol–water partition coefficient (Wildman–Crippen LogP) is 3.00. The van der Waals surface area contributed by atoms with E-state index in [4.69, 9.17) is 9.47 Å². The van der Waals surface area contributed by atoms with Gasteiger partial charge in [-0.3, -0.25) is 0 Å². The third-order valence-electron chi connectivity index (χ3n) is 3.52. The molecule has 0 heterocycles. The largest absolute Gasteiger partial charge is 0.478 e. The summed E-state index contributed by atoms with van der Waals surface area (Å²) in [5, 5.41) is 18.7. The van der Waals surface area contributed by atoms with Gasteiger partial charge in [-0.2, -0.15) is 0 Å². The van der Waals surface area contributed by atoms with Gasteiger partial charge in [0.2, 0.25) is 0 Å². The molecule has 0 aromatic heterocycles. The number of carboxylic acids is 2. The summed E-state index contributed by atoms with van der Waals surface area (Å²) in [4.78, 5) is 47.2. The highest BCUT2D eigenvalue weighted by atomic mass is 16.5. The van der Waals surface area contributed by atoms with E-state index in [2.05, 4.69) is 0 Å². The lowest BCUT2D eigenvalue weighted by atomic mass is 9.98. The normalized spacial score (nSPS) is 10.2. The Bertz CT molecular complexity index is 633. The van der Waals surface area contributed by atoms with Crippen LogP contribution in [0.25, 0.3) is 0 Å². The molecule has 1 aromatic carbocycles. The summed E-state index contributed by atoms with van der Waals surface area (Å²) in [5.74, 6) is -4.87. The van der Waals surface area contributed by atoms with Crippen LogP contribution in [0.5, 0.6) is 0 Å². The van der Waals surface area contributed by atoms with E-state index < -0.39 is 46.1 Å². The maximum atomic E-state index is 12.1. The fourth-order valence-electron chi connectivity index (χ4n) is 2.07. The molecule has 0 aliphatic heterocycles. The summed E-state index contributed by atoms with van der Waals surface area (Å²) < 4.78 is 9.92. The van der Waals surface area contributed by atoms with Crippen LogP contribution in [0.4, 0.5) is 0 Å². The van der Waals surface area contributed by atoms with Gasteiger partial charge >= 0.3 is 23.9 Å². The van der Waals surface area contributed by atoms with Crippen LogP contribution >= 0.6 is 0 Å². The van der Waals surface area contributed by atoms with Gasteiger partial charge in [0.05, 0.1) is 35.5 Å². The number of esters is 2. The highest BCUT2D eigenvalue weighted by Gasteiger charge is 2.27. The zero-order chi connectivity index (χ0) is 19.7. The SMILES string of the molecule is CCCCOC(=O)c1cc(C(=O)O)c(C(=O)OCCCC)cc1C(=O)O. The van der Waals surface area contributed by atoms with E-state index in [-0.39, 0.29) is 13.2 Å². The number of hydrogen-bond acceptors (Lipinski definition) is 6. The molecule has 1 rings (SSSR count). The van der Waals surface area contributed by atoms with Gasteiger partial charge in [-0.15, -0.1) is 0 Å². The number of ether oxygens (including phenoxy) is 2. The molecule has 0 saturated carbocycles. The molecular formula is C18H22O8. The number of carbonyl (C=O) groups is 4. The lowest BCUT2D eigenvalue weighted by Gasteiger charge is -2.12. The Morgan fingerprint density at radius 2 is 1.08 bits per heavy atom. The van der Waals surface area contributed by atoms with Crippen LogP contribution in [0.1, 0.15) is 81.0 Å². The Morgan fingerprint density at radius 1 is 0.731 bits per heavy atom. The standard InChI is InChI=1S/C18H22O8/c1-3-5-7-25-17(23)13-9-12(16(21)22)14(10-11(13)15(19)20)18(24)26-8-6-4-2/h9-10H,3-8H2,1-2H3,(H,19,20)(H,21,22). The lowest BCUT2D eigenvalue weighted by Crippen LogP contribution is -2.19. The van der Waals surface area contributed by atoms with E-state index >= 15 is 0 Å². The van der Waals surface area contributed by atoms with Crippen molar-refractivity contribution < 1.29 is 38.9 Å². The molecule has 0 amide bonds. The molecule has 0 saturated heterocycles. The van der Waals surface area contributed by atoms with Gasteiger partial charge in [0, 0.05) is 0 Å². The van der Waals surface area contributed by atoms with Crippen LogP contribution in [-0.2, 0) is 9.47 Å². The molecule has 26 heavy (non-hydrogen) atoms. The van der Waals surface area contributed by atoms with Gasteiger partial charge in [0.15, 0.2) is 0 Å². The van der Waals surface area contributed by atoms with Crippen molar-refractivity contribution in [3.63, 3.8) is 0 Å². The maximum absolute atomic E-state index is 12.1. The second-order valence-corrected chi connectivity index (χ2v) is 5.53. The Hall–Kier alpha value is -2.90. The van der Waals surface area contributed by atoms with E-state index in [1.54, 1.807) is 0 Å². The van der Waals surface area contributed by atoms with Crippen molar-refractivity contribution in [2.75, 3.05) is 13.2 Å². The predicted molar refractivity (Wildman–Crippen MR) is 90.7 cm³/mol. The van der Waals surface area contributed by atoms with Crippen molar-refractivity contribution in [1.82, 2.24) is 0 Å². The number of rotatable bonds is 10. The van der Waals surface area contributed by atoms with Crippen molar-refractivity contribution in [2.45, 2.75) is 39.5 Å². The number of benzene rings is 1. The van der Waals surface area contributed by atoms with E-state index in [9.17, 15) is 29.4 Å². The summed E-state index contributed by atoms with van der Waals surface area (Å²) in [7, 11) is 0. The number of aromatic carboxylic acids is 2. The van der Waals surface area contributed by atoms with E-state index in [0.29, 0.717) is 12.8 Å². The minimum atomic E-state index is -1.48. The fraction of sp³-hybridized carbons (Fsp3) is 0.444. The van der Waals surface area contributed by atoms with Crippen molar-refractivity contribution in [3.8, 4) is 0 Å². The smallest absolute Gasteiger partial charge is 0.339 e. The zero-order valence-corrected chi connectivity index (χ0v) is 14.7. The van der Waals surface area contributed by atoms with Gasteiger partial charge in [-0.1, -0.05) is 26.7 Å². The summed E-state index contributed by atoms with van der Waals surface area (Å²) in [5.41, 5.74) is -1.87. The molecule has 8 nitrogen and oxygen atoms in total. The molecule has 0 radical (unpaired) electrons. The molecule has 0 unspecified atom stereocenters. The van der Waals surface area contributed by atoms with Crippen molar-refractivity contribution in [1.29, 1.82) is 0 Å². The second-order valence-electron chi connectivity index (χ2n) is 5.53. The summed E-state index contributed by atoms with van der Waals surface area (Å²) >= 11 is 0. The molecule has 142 valence electrons. The van der Waals surface area contributed by atoms with E-state index in [1.807, 2.05) is 13.8 Å². The van der Waals surface area contributed by atoms with Crippen LogP contribution in [0, 0.1) is 0 Å². The van der Waals surface area contributed by atoms with Crippen molar-refractivity contribution in [3.05, 3.63) is 34.4 Å². The van der Waals surface area contributed by atoms with Crippen LogP contribution < -0.4 is 0 Å². The minimum Gasteiger partial charge on any atom is -0.478 e. The third-order valence-corrected chi connectivity index (χ3v) is 3.52. The van der Waals surface area contributed by atoms with Crippen LogP contribution in [-0.4, -0.2) is 47.3 Å². The molecule has 0 fully saturated rings. The van der Waals surface area contributed by atoms with Crippen molar-refractivity contribution >= 4 is 23.9 Å². The molecule has 1 aromatic rings. The quantitative estimate of drug-likeness (QED) is 0.478. The number of carboxylic acid groups (broad SMARTS) is 2. The monoisotopic (exact) mass is 366 g/mol. The second kappa shape index (κ2) is 10.2. The van der Waals surface area contributed by atoms with Gasteiger partial charge in [0.25, 0.3) is 0 Å². The van der Waals surface area contributed by atoms with E-state index in [0.717, 1.165) is 25.0 Å². The highest BCUT2D eigenvalue weighted by Crippen LogP contribution is 2.20. The molecule has 0 aliphatic carbocycles. The maximum Gasteiger partial charge on any atom is 0.339 e. The molecule has 0 spiro atoms. The Balaban J connectivity index is 3.30. The minimum absolute atomic E-state index is 0.0810. The van der Waals surface area contributed by atoms with Crippen LogP contribution in [0.2, 0.25) is 0 Å². The Kier molecular flexibility index (Phi) is 8.27. The number of carbonyl (C=O) groups excluding carboxylic acids is 2. The molecule has 8 heteroatoms. The fourth-order valence-corrected chi connectivity index (χ4v) is 2.07. The zero-order valence-electron chi connectivity index (χ0n) is 14.7. The summed E-state index contributed by atoms with van der Waals surface area (Å²) in [6, 6.07) is 1.69. The van der Waals surface area contributed by atoms with Gasteiger partial charge < -0.3 is 19.7 Å². The van der Waals surface area contributed by atoms with Crippen LogP contribution in [0.15, 0.2) is 12.1 Å². The first-order valence-electron chi connectivity index (χ1n) is 8.32. The Labute approximate surface area is 150 Å². The molecule has 0 atom stereocenters. The molecule has 2 N–H and O–H groups in total. The summed E-state index contributed by atoms with van der Waals surface area (Å²) in [6.45, 7) is 3.94. The topological polar surface area (TPSA) is 127 Å². The van der Waals surface area contributed by atoms with Gasteiger partial charge in [-0.25, -0.2) is 19.2 Å². The first-order chi connectivity index (χ1) is 12.3. The molecule has 0 aliphatic rings. The van der Waals surface area contributed by atoms with Gasteiger partial charge in [-0.05, 0) is 25.0 Å². The lowest BCUT2D eigenvalue weighted by molar-refractivity contribution is 0.0474. The summed E-state index contributed by atoms with van der Waals surface area (Å²) in [6.07, 6.45) is 2.70. The number of unbranched alkanes of at least 4 members (excludes halogenated alkanes) is 2. The molecule has 0 bridgehead atoms. The first-order valence-corrected chi connectivity index (χ1v) is 8.32. The highest BCUT2D eigenvalue weighted by molar-refractivity contribution is 6.09. The first kappa shape index (κ1) is 21.1. The van der Waals surface area contributed by atoms with Crippen molar-refractivity contribution in [2.24, 2.45) is 0 Å². The molecular weight excluding hydrogens is 344 g/mol. The average Bonchev–Trinajstić information content (AvgIpc) is 2.60. The Morgan fingerprint density at radius 3 is 1.35 bits per heavy atom. The van der Waals surface area contributed by atoms with Crippen LogP contribution in [0.3, 0.4) is 0 Å². The number of hydrogen-bond donors (Lipinski definition) is 2. The van der Waals surface area contributed by atoms with E-state index in [1.165, 1.54) is 0 Å². The van der Waals surface area contributed by atoms with Gasteiger partial charge in [0.1, 0.15) is 0 Å².